The van der Waals surface area contributed by atoms with E-state index in [2.05, 4.69) is 10.0 Å². The summed E-state index contributed by atoms with van der Waals surface area (Å²) in [6.07, 6.45) is 0. The molecule has 3 aromatic rings. The third kappa shape index (κ3) is 5.91. The summed E-state index contributed by atoms with van der Waals surface area (Å²) in [4.78, 5) is 12.6. The van der Waals surface area contributed by atoms with E-state index in [0.29, 0.717) is 16.9 Å². The fourth-order valence-electron chi connectivity index (χ4n) is 2.95. The molecule has 0 heterocycles. The molecule has 31 heavy (non-hydrogen) atoms. The van der Waals surface area contributed by atoms with Gasteiger partial charge in [0.1, 0.15) is 5.75 Å². The Kier molecular flexibility index (Phi) is 7.41. The molecule has 0 aromatic heterocycles. The van der Waals surface area contributed by atoms with Gasteiger partial charge in [0.15, 0.2) is 0 Å². The lowest BCUT2D eigenvalue weighted by molar-refractivity contribution is 0.0916. The quantitative estimate of drug-likeness (QED) is 0.475. The highest BCUT2D eigenvalue weighted by Crippen LogP contribution is 2.16. The fourth-order valence-corrected chi connectivity index (χ4v) is 3.97. The highest BCUT2D eigenvalue weighted by molar-refractivity contribution is 7.89. The van der Waals surface area contributed by atoms with Gasteiger partial charge in [0.25, 0.3) is 5.91 Å². The Morgan fingerprint density at radius 2 is 1.61 bits per heavy atom. The number of hydrogen-bond acceptors (Lipinski definition) is 5. The number of carbonyl (C=O) groups excluding carboxylic acids is 1. The Bertz CT molecular complexity index is 1100. The Morgan fingerprint density at radius 3 is 2.19 bits per heavy atom. The van der Waals surface area contributed by atoms with Gasteiger partial charge in [0.2, 0.25) is 10.0 Å². The van der Waals surface area contributed by atoms with E-state index >= 15 is 0 Å². The maximum absolute atomic E-state index is 12.5. The maximum Gasteiger partial charge on any atom is 0.251 e. The summed E-state index contributed by atoms with van der Waals surface area (Å²) in [7, 11) is -2.16. The minimum Gasteiger partial charge on any atom is -0.497 e. The lowest BCUT2D eigenvalue weighted by Crippen LogP contribution is -2.30. The molecule has 0 aliphatic rings. The predicted molar refractivity (Wildman–Crippen MR) is 117 cm³/mol. The van der Waals surface area contributed by atoms with Crippen LogP contribution in [0.3, 0.4) is 0 Å². The first kappa shape index (κ1) is 22.5. The van der Waals surface area contributed by atoms with E-state index in [0.717, 1.165) is 5.56 Å². The van der Waals surface area contributed by atoms with Gasteiger partial charge in [-0.3, -0.25) is 4.79 Å². The third-order valence-electron chi connectivity index (χ3n) is 4.74. The Morgan fingerprint density at radius 1 is 0.968 bits per heavy atom. The number of amides is 1. The molecule has 3 rings (SSSR count). The zero-order valence-corrected chi connectivity index (χ0v) is 17.8. The Balaban J connectivity index is 1.61. The molecule has 0 saturated heterocycles. The number of methoxy groups -OCH3 is 1. The Labute approximate surface area is 181 Å². The van der Waals surface area contributed by atoms with Crippen molar-refractivity contribution in [3.8, 4) is 5.75 Å². The van der Waals surface area contributed by atoms with E-state index in [4.69, 9.17) is 4.74 Å². The van der Waals surface area contributed by atoms with Gasteiger partial charge < -0.3 is 15.2 Å². The molecule has 0 fully saturated rings. The van der Waals surface area contributed by atoms with Crippen LogP contribution in [0.15, 0.2) is 83.8 Å². The van der Waals surface area contributed by atoms with Crippen molar-refractivity contribution in [2.45, 2.75) is 17.5 Å². The number of aliphatic hydroxyl groups excluding tert-OH is 1. The number of aliphatic hydroxyl groups is 1. The first-order valence-electron chi connectivity index (χ1n) is 9.62. The van der Waals surface area contributed by atoms with Gasteiger partial charge in [-0.05, 0) is 47.5 Å². The van der Waals surface area contributed by atoms with E-state index in [9.17, 15) is 18.3 Å². The molecular formula is C23H24N2O5S. The van der Waals surface area contributed by atoms with Crippen LogP contribution in [-0.4, -0.2) is 33.1 Å². The van der Waals surface area contributed by atoms with Crippen LogP contribution in [0.4, 0.5) is 0 Å². The molecule has 3 N–H and O–H groups in total. The zero-order valence-electron chi connectivity index (χ0n) is 17.0. The van der Waals surface area contributed by atoms with Crippen molar-refractivity contribution in [1.82, 2.24) is 10.0 Å². The average Bonchev–Trinajstić information content (AvgIpc) is 2.82. The molecule has 0 bridgehead atoms. The van der Waals surface area contributed by atoms with Gasteiger partial charge in [-0.2, -0.15) is 0 Å². The highest BCUT2D eigenvalue weighted by Gasteiger charge is 2.16. The van der Waals surface area contributed by atoms with E-state index in [1.54, 1.807) is 36.4 Å². The molecular weight excluding hydrogens is 416 g/mol. The molecule has 162 valence electrons. The SMILES string of the molecule is COc1ccc(S(=O)(=O)NCc2ccc(C(=O)NC(CO)c3ccccc3)cc2)cc1. The topological polar surface area (TPSA) is 105 Å². The van der Waals surface area contributed by atoms with Crippen LogP contribution in [0, 0.1) is 0 Å². The summed E-state index contributed by atoms with van der Waals surface area (Å²) in [5.74, 6) is 0.247. The van der Waals surface area contributed by atoms with E-state index in [1.165, 1.54) is 19.2 Å². The van der Waals surface area contributed by atoms with Crippen LogP contribution < -0.4 is 14.8 Å². The van der Waals surface area contributed by atoms with Crippen LogP contribution in [0.1, 0.15) is 27.5 Å². The van der Waals surface area contributed by atoms with E-state index in [1.807, 2.05) is 30.3 Å². The summed E-state index contributed by atoms with van der Waals surface area (Å²) in [6, 6.07) is 21.4. The number of rotatable bonds is 9. The average molecular weight is 441 g/mol. The number of ether oxygens (including phenoxy) is 1. The van der Waals surface area contributed by atoms with Crippen LogP contribution in [0.5, 0.6) is 5.75 Å². The molecule has 0 aliphatic carbocycles. The lowest BCUT2D eigenvalue weighted by Gasteiger charge is -2.17. The van der Waals surface area contributed by atoms with Crippen LogP contribution in [0.2, 0.25) is 0 Å². The Hall–Kier alpha value is -3.20. The first-order chi connectivity index (χ1) is 14.9. The van der Waals surface area contributed by atoms with Crippen molar-refractivity contribution in [3.63, 3.8) is 0 Å². The van der Waals surface area contributed by atoms with Crippen molar-refractivity contribution in [3.05, 3.63) is 95.6 Å². The molecule has 8 heteroatoms. The van der Waals surface area contributed by atoms with Gasteiger partial charge >= 0.3 is 0 Å². The normalized spacial score (nSPS) is 12.2. The molecule has 0 aliphatic heterocycles. The fraction of sp³-hybridized carbons (Fsp3) is 0.174. The van der Waals surface area contributed by atoms with Crippen LogP contribution in [-0.2, 0) is 16.6 Å². The number of hydrogen-bond donors (Lipinski definition) is 3. The van der Waals surface area contributed by atoms with E-state index < -0.39 is 16.1 Å². The van der Waals surface area contributed by atoms with Gasteiger partial charge in [-0.15, -0.1) is 0 Å². The molecule has 0 radical (unpaired) electrons. The maximum atomic E-state index is 12.5. The molecule has 3 aromatic carbocycles. The second-order valence-corrected chi connectivity index (χ2v) is 8.58. The smallest absolute Gasteiger partial charge is 0.251 e. The molecule has 0 spiro atoms. The molecule has 1 unspecified atom stereocenters. The molecule has 1 atom stereocenters. The summed E-state index contributed by atoms with van der Waals surface area (Å²) in [5.41, 5.74) is 1.93. The zero-order chi connectivity index (χ0) is 22.3. The highest BCUT2D eigenvalue weighted by atomic mass is 32.2. The van der Waals surface area contributed by atoms with Gasteiger partial charge in [0, 0.05) is 12.1 Å². The molecule has 0 saturated carbocycles. The molecule has 7 nitrogen and oxygen atoms in total. The number of benzene rings is 3. The second-order valence-electron chi connectivity index (χ2n) is 6.82. The van der Waals surface area contributed by atoms with Crippen molar-refractivity contribution < 1.29 is 23.1 Å². The summed E-state index contributed by atoms with van der Waals surface area (Å²) in [6.45, 7) is -0.138. The van der Waals surface area contributed by atoms with Crippen molar-refractivity contribution >= 4 is 15.9 Å². The van der Waals surface area contributed by atoms with Gasteiger partial charge in [-0.1, -0.05) is 42.5 Å². The van der Waals surface area contributed by atoms with E-state index in [-0.39, 0.29) is 24.0 Å². The summed E-state index contributed by atoms with van der Waals surface area (Å²) >= 11 is 0. The third-order valence-corrected chi connectivity index (χ3v) is 6.16. The number of nitrogens with one attached hydrogen (secondary N) is 2. The minimum atomic E-state index is -3.67. The number of sulfonamides is 1. The minimum absolute atomic E-state index is 0.0829. The molecule has 1 amide bonds. The van der Waals surface area contributed by atoms with Crippen molar-refractivity contribution in [1.29, 1.82) is 0 Å². The first-order valence-corrected chi connectivity index (χ1v) is 11.1. The van der Waals surface area contributed by atoms with Crippen LogP contribution >= 0.6 is 0 Å². The largest absolute Gasteiger partial charge is 0.497 e. The monoisotopic (exact) mass is 440 g/mol. The number of carbonyl (C=O) groups is 1. The van der Waals surface area contributed by atoms with Gasteiger partial charge in [-0.25, -0.2) is 13.1 Å². The van der Waals surface area contributed by atoms with Crippen LogP contribution in [0.25, 0.3) is 0 Å². The van der Waals surface area contributed by atoms with Crippen molar-refractivity contribution in [2.75, 3.05) is 13.7 Å². The standard InChI is InChI=1S/C23H24N2O5S/c1-30-20-11-13-21(14-12-20)31(28,29)24-15-17-7-9-19(10-8-17)23(27)25-22(16-26)18-5-3-2-4-6-18/h2-14,22,24,26H,15-16H2,1H3,(H,25,27). The predicted octanol–water partition coefficient (Wildman–Crippen LogP) is 2.64. The summed E-state index contributed by atoms with van der Waals surface area (Å²) in [5, 5.41) is 12.4. The summed E-state index contributed by atoms with van der Waals surface area (Å²) < 4.78 is 32.4. The second kappa shape index (κ2) is 10.2. The lowest BCUT2D eigenvalue weighted by atomic mass is 10.1. The van der Waals surface area contributed by atoms with Crippen molar-refractivity contribution in [2.24, 2.45) is 0 Å². The van der Waals surface area contributed by atoms with Gasteiger partial charge in [0.05, 0.1) is 24.7 Å².